The summed E-state index contributed by atoms with van der Waals surface area (Å²) < 4.78 is 13.1. The Hall–Kier alpha value is -2.54. The molecule has 0 N–H and O–H groups in total. The number of likely N-dealkylation sites (N-methyl/N-ethyl adjacent to an activating group) is 1. The second-order valence-corrected chi connectivity index (χ2v) is 8.94. The van der Waals surface area contributed by atoms with E-state index in [9.17, 15) is 9.18 Å². The topological polar surface area (TPSA) is 52.6 Å². The van der Waals surface area contributed by atoms with Gasteiger partial charge in [-0.15, -0.1) is 0 Å². The van der Waals surface area contributed by atoms with Gasteiger partial charge in [-0.1, -0.05) is 12.1 Å². The fourth-order valence-electron chi connectivity index (χ4n) is 4.78. The van der Waals surface area contributed by atoms with E-state index in [1.165, 1.54) is 17.7 Å². The number of fused-ring (bicyclic) bond motifs is 2. The van der Waals surface area contributed by atoms with Gasteiger partial charge in [0, 0.05) is 45.3 Å². The molecule has 30 heavy (non-hydrogen) atoms. The van der Waals surface area contributed by atoms with Crippen LogP contribution in [0.25, 0.3) is 0 Å². The minimum absolute atomic E-state index is 0.0491. The molecule has 2 aromatic rings. The first-order valence-electron chi connectivity index (χ1n) is 10.6. The van der Waals surface area contributed by atoms with E-state index in [4.69, 9.17) is 4.98 Å². The molecule has 1 aromatic heterocycles. The molecule has 0 bridgehead atoms. The number of likely N-dealkylation sites (tertiary alicyclic amines) is 1. The second-order valence-electron chi connectivity index (χ2n) is 8.94. The largest absolute Gasteiger partial charge is 0.347 e. The number of hydrogen-bond donors (Lipinski definition) is 0. The summed E-state index contributed by atoms with van der Waals surface area (Å²) in [6.07, 6.45) is 6.04. The van der Waals surface area contributed by atoms with Crippen molar-refractivity contribution in [3.63, 3.8) is 0 Å². The highest BCUT2D eigenvalue weighted by molar-refractivity contribution is 5.78. The standard InChI is InChI=1S/C23H30FN5O/c1-27(2)22-25-13-18-9-11-23(21(18)26-22)10-4-12-29(16-23)20(30)15-28(3)14-17-5-7-19(24)8-6-17/h5-8,13H,4,9-12,14-16H2,1-3H3. The Morgan fingerprint density at radius 2 is 1.97 bits per heavy atom. The van der Waals surface area contributed by atoms with Gasteiger partial charge in [0.2, 0.25) is 11.9 Å². The van der Waals surface area contributed by atoms with Crippen LogP contribution in [0, 0.1) is 5.82 Å². The molecule has 1 saturated heterocycles. The number of halogens is 1. The smallest absolute Gasteiger partial charge is 0.236 e. The van der Waals surface area contributed by atoms with E-state index in [0.29, 0.717) is 13.1 Å². The molecule has 7 heteroatoms. The number of carbonyl (C=O) groups excluding carboxylic acids is 1. The van der Waals surface area contributed by atoms with Crippen molar-refractivity contribution >= 4 is 11.9 Å². The van der Waals surface area contributed by atoms with E-state index in [0.717, 1.165) is 56.0 Å². The number of hydrogen-bond acceptors (Lipinski definition) is 5. The number of carbonyl (C=O) groups is 1. The van der Waals surface area contributed by atoms with Gasteiger partial charge in [0.05, 0.1) is 12.2 Å². The van der Waals surface area contributed by atoms with Crippen molar-refractivity contribution in [1.29, 1.82) is 0 Å². The lowest BCUT2D eigenvalue weighted by Gasteiger charge is -2.41. The molecule has 1 aliphatic carbocycles. The number of nitrogens with zero attached hydrogens (tertiary/aromatic N) is 5. The molecule has 2 aliphatic rings. The van der Waals surface area contributed by atoms with Crippen LogP contribution in [-0.2, 0) is 23.2 Å². The molecule has 1 fully saturated rings. The molecule has 1 atom stereocenters. The van der Waals surface area contributed by atoms with E-state index in [1.807, 2.05) is 42.0 Å². The van der Waals surface area contributed by atoms with Gasteiger partial charge < -0.3 is 9.80 Å². The molecule has 1 aliphatic heterocycles. The average molecular weight is 412 g/mol. The normalized spacial score (nSPS) is 20.6. The van der Waals surface area contributed by atoms with Crippen molar-refractivity contribution in [3.05, 3.63) is 53.1 Å². The number of piperidine rings is 1. The highest BCUT2D eigenvalue weighted by atomic mass is 19.1. The van der Waals surface area contributed by atoms with Gasteiger partial charge in [-0.25, -0.2) is 14.4 Å². The Morgan fingerprint density at radius 3 is 2.70 bits per heavy atom. The van der Waals surface area contributed by atoms with Gasteiger partial charge in [0.15, 0.2) is 0 Å². The Bertz CT molecular complexity index is 912. The number of rotatable bonds is 5. The number of anilines is 1. The monoisotopic (exact) mass is 411 g/mol. The molecular weight excluding hydrogens is 381 g/mol. The molecule has 4 rings (SSSR count). The lowest BCUT2D eigenvalue weighted by Crippen LogP contribution is -2.50. The van der Waals surface area contributed by atoms with Crippen LogP contribution in [0.15, 0.2) is 30.5 Å². The Kier molecular flexibility index (Phi) is 5.73. The number of aromatic nitrogens is 2. The Morgan fingerprint density at radius 1 is 1.20 bits per heavy atom. The maximum Gasteiger partial charge on any atom is 0.236 e. The molecule has 0 radical (unpaired) electrons. The van der Waals surface area contributed by atoms with Crippen molar-refractivity contribution in [2.75, 3.05) is 45.7 Å². The van der Waals surface area contributed by atoms with Crippen LogP contribution in [0.2, 0.25) is 0 Å². The molecule has 6 nitrogen and oxygen atoms in total. The first-order valence-corrected chi connectivity index (χ1v) is 10.6. The van der Waals surface area contributed by atoms with Gasteiger partial charge in [-0.05, 0) is 56.0 Å². The second kappa shape index (κ2) is 8.30. The van der Waals surface area contributed by atoms with Crippen molar-refractivity contribution in [2.45, 2.75) is 37.6 Å². The van der Waals surface area contributed by atoms with Crippen LogP contribution in [-0.4, -0.2) is 66.5 Å². The van der Waals surface area contributed by atoms with Crippen LogP contribution in [0.4, 0.5) is 10.3 Å². The highest BCUT2D eigenvalue weighted by Crippen LogP contribution is 2.44. The summed E-state index contributed by atoms with van der Waals surface area (Å²) in [7, 11) is 5.84. The third-order valence-electron chi connectivity index (χ3n) is 6.33. The third kappa shape index (κ3) is 4.17. The van der Waals surface area contributed by atoms with Gasteiger partial charge in [0.1, 0.15) is 5.82 Å². The molecule has 160 valence electrons. The molecule has 1 amide bonds. The summed E-state index contributed by atoms with van der Waals surface area (Å²) >= 11 is 0. The van der Waals surface area contributed by atoms with Crippen LogP contribution >= 0.6 is 0 Å². The van der Waals surface area contributed by atoms with Crippen molar-refractivity contribution in [1.82, 2.24) is 19.8 Å². The Labute approximate surface area is 177 Å². The van der Waals surface area contributed by atoms with Crippen molar-refractivity contribution < 1.29 is 9.18 Å². The first-order chi connectivity index (χ1) is 14.4. The number of aryl methyl sites for hydroxylation is 1. The van der Waals surface area contributed by atoms with E-state index in [1.54, 1.807) is 12.1 Å². The summed E-state index contributed by atoms with van der Waals surface area (Å²) in [4.78, 5) is 28.4. The summed E-state index contributed by atoms with van der Waals surface area (Å²) in [6.45, 7) is 2.50. The third-order valence-corrected chi connectivity index (χ3v) is 6.33. The van der Waals surface area contributed by atoms with E-state index in [2.05, 4.69) is 4.98 Å². The summed E-state index contributed by atoms with van der Waals surface area (Å²) in [5, 5.41) is 0. The molecule has 1 aromatic carbocycles. The average Bonchev–Trinajstić information content (AvgIpc) is 3.07. The summed E-state index contributed by atoms with van der Waals surface area (Å²) in [5.41, 5.74) is 3.31. The van der Waals surface area contributed by atoms with E-state index in [-0.39, 0.29) is 17.1 Å². The lowest BCUT2D eigenvalue weighted by atomic mass is 9.77. The van der Waals surface area contributed by atoms with Crippen LogP contribution in [0.5, 0.6) is 0 Å². The zero-order valence-corrected chi connectivity index (χ0v) is 18.1. The minimum atomic E-state index is -0.242. The molecule has 1 unspecified atom stereocenters. The predicted molar refractivity (Wildman–Crippen MR) is 115 cm³/mol. The minimum Gasteiger partial charge on any atom is -0.347 e. The molecule has 1 spiro atoms. The van der Waals surface area contributed by atoms with Crippen LogP contribution in [0.1, 0.15) is 36.1 Å². The lowest BCUT2D eigenvalue weighted by molar-refractivity contribution is -0.134. The summed E-state index contributed by atoms with van der Waals surface area (Å²) in [6, 6.07) is 6.45. The predicted octanol–water partition coefficient (Wildman–Crippen LogP) is 2.62. The van der Waals surface area contributed by atoms with Gasteiger partial charge in [-0.2, -0.15) is 0 Å². The molecular formula is C23H30FN5O. The maximum atomic E-state index is 13.1. The van der Waals surface area contributed by atoms with Crippen molar-refractivity contribution in [3.8, 4) is 0 Å². The zero-order valence-electron chi connectivity index (χ0n) is 18.1. The Balaban J connectivity index is 1.44. The SMILES string of the molecule is CN(CC(=O)N1CCCC2(CCc3cnc(N(C)C)nc32)C1)Cc1ccc(F)cc1. The van der Waals surface area contributed by atoms with Crippen LogP contribution in [0.3, 0.4) is 0 Å². The fourth-order valence-corrected chi connectivity index (χ4v) is 4.78. The van der Waals surface area contributed by atoms with Gasteiger partial charge >= 0.3 is 0 Å². The fraction of sp³-hybridized carbons (Fsp3) is 0.522. The van der Waals surface area contributed by atoms with Crippen molar-refractivity contribution in [2.24, 2.45) is 0 Å². The van der Waals surface area contributed by atoms with E-state index >= 15 is 0 Å². The molecule has 2 heterocycles. The zero-order chi connectivity index (χ0) is 21.3. The summed E-state index contributed by atoms with van der Waals surface area (Å²) in [5.74, 6) is 0.640. The van der Waals surface area contributed by atoms with E-state index < -0.39 is 0 Å². The maximum absolute atomic E-state index is 13.1. The van der Waals surface area contributed by atoms with Gasteiger partial charge in [-0.3, -0.25) is 9.69 Å². The van der Waals surface area contributed by atoms with Crippen LogP contribution < -0.4 is 4.90 Å². The molecule has 0 saturated carbocycles. The highest BCUT2D eigenvalue weighted by Gasteiger charge is 2.44. The number of amides is 1. The first kappa shape index (κ1) is 20.7. The quantitative estimate of drug-likeness (QED) is 0.757. The number of benzene rings is 1. The van der Waals surface area contributed by atoms with Gasteiger partial charge in [0.25, 0.3) is 0 Å².